The predicted octanol–water partition coefficient (Wildman–Crippen LogP) is 2.27. The van der Waals surface area contributed by atoms with Crippen molar-refractivity contribution in [2.24, 2.45) is 4.99 Å². The van der Waals surface area contributed by atoms with Gasteiger partial charge >= 0.3 is 6.36 Å². The first-order valence-electron chi connectivity index (χ1n) is 7.99. The van der Waals surface area contributed by atoms with Crippen LogP contribution in [-0.2, 0) is 0 Å². The molecule has 0 saturated heterocycles. The number of nitriles is 2. The number of nitrogens with two attached hydrogens (primary N) is 2. The van der Waals surface area contributed by atoms with Crippen molar-refractivity contribution in [2.45, 2.75) is 19.3 Å². The Morgan fingerprint density at radius 3 is 2.62 bits per heavy atom. The molecule has 0 bridgehead atoms. The highest BCUT2D eigenvalue weighted by Crippen LogP contribution is 2.42. The van der Waals surface area contributed by atoms with Gasteiger partial charge in [-0.25, -0.2) is 9.98 Å². The summed E-state index contributed by atoms with van der Waals surface area (Å²) >= 11 is 0. The Hall–Kier alpha value is -4.19. The first-order valence-corrected chi connectivity index (χ1v) is 7.99. The number of aromatic nitrogens is 1. The van der Waals surface area contributed by atoms with Crippen LogP contribution in [0.25, 0.3) is 0 Å². The van der Waals surface area contributed by atoms with Gasteiger partial charge in [0.2, 0.25) is 5.96 Å². The number of fused-ring (bicyclic) bond motifs is 1. The van der Waals surface area contributed by atoms with Crippen LogP contribution >= 0.6 is 0 Å². The monoisotopic (exact) mass is 402 g/mol. The van der Waals surface area contributed by atoms with Crippen molar-refractivity contribution in [3.05, 3.63) is 40.5 Å². The van der Waals surface area contributed by atoms with Crippen molar-refractivity contribution in [1.82, 2.24) is 10.3 Å². The minimum absolute atomic E-state index is 0.0115. The Balaban J connectivity index is 2.23. The third-order valence-corrected chi connectivity index (χ3v) is 4.14. The number of nitrogens with one attached hydrogen (secondary N) is 2. The van der Waals surface area contributed by atoms with E-state index in [-0.39, 0.29) is 34.4 Å². The van der Waals surface area contributed by atoms with Crippen LogP contribution in [0.2, 0.25) is 0 Å². The third-order valence-electron chi connectivity index (χ3n) is 4.14. The number of guanidine groups is 1. The molecule has 3 rings (SSSR count). The summed E-state index contributed by atoms with van der Waals surface area (Å²) in [5.74, 6) is -0.481. The number of hydrogen-bond donors (Lipinski definition) is 4. The number of halogens is 3. The van der Waals surface area contributed by atoms with Crippen molar-refractivity contribution in [2.75, 3.05) is 16.8 Å². The number of nitrogen functional groups attached to an aromatic ring is 2. The highest BCUT2D eigenvalue weighted by atomic mass is 19.4. The maximum atomic E-state index is 12.6. The molecular formula is C17H13F3N8O. The number of benzene rings is 1. The highest BCUT2D eigenvalue weighted by molar-refractivity contribution is 5.98. The number of nitrogens with zero attached hydrogens (tertiary/aromatic N) is 4. The Labute approximate surface area is 162 Å². The minimum atomic E-state index is -4.88. The smallest absolute Gasteiger partial charge is 0.406 e. The molecule has 6 N–H and O–H groups in total. The number of alkyl halides is 3. The summed E-state index contributed by atoms with van der Waals surface area (Å²) in [5, 5.41) is 23.3. The van der Waals surface area contributed by atoms with Gasteiger partial charge in [-0.15, -0.1) is 13.2 Å². The lowest BCUT2D eigenvalue weighted by atomic mass is 9.92. The van der Waals surface area contributed by atoms with E-state index in [0.717, 1.165) is 12.1 Å². The molecule has 0 radical (unpaired) electrons. The van der Waals surface area contributed by atoms with Crippen LogP contribution in [0.3, 0.4) is 0 Å². The molecule has 1 aliphatic rings. The maximum absolute atomic E-state index is 12.6. The molecular weight excluding hydrogens is 389 g/mol. The molecule has 9 nitrogen and oxygen atoms in total. The van der Waals surface area contributed by atoms with Crippen LogP contribution in [-0.4, -0.2) is 17.3 Å². The van der Waals surface area contributed by atoms with Crippen LogP contribution in [0.4, 0.5) is 30.5 Å². The van der Waals surface area contributed by atoms with Crippen LogP contribution < -0.4 is 26.8 Å². The van der Waals surface area contributed by atoms with Crippen LogP contribution in [0.5, 0.6) is 5.75 Å². The van der Waals surface area contributed by atoms with E-state index in [9.17, 15) is 18.4 Å². The van der Waals surface area contributed by atoms with Gasteiger partial charge in [0.15, 0.2) is 6.19 Å². The van der Waals surface area contributed by atoms with E-state index in [4.69, 9.17) is 16.7 Å². The number of rotatable bonds is 2. The van der Waals surface area contributed by atoms with Gasteiger partial charge < -0.3 is 21.5 Å². The van der Waals surface area contributed by atoms with E-state index in [0.29, 0.717) is 11.1 Å². The highest BCUT2D eigenvalue weighted by Gasteiger charge is 2.33. The molecule has 0 saturated carbocycles. The van der Waals surface area contributed by atoms with Crippen molar-refractivity contribution >= 4 is 23.3 Å². The van der Waals surface area contributed by atoms with Gasteiger partial charge in [0.25, 0.3) is 0 Å². The van der Waals surface area contributed by atoms with Gasteiger partial charge in [-0.05, 0) is 30.2 Å². The first kappa shape index (κ1) is 19.6. The molecule has 0 amide bonds. The molecule has 2 aromatic rings. The van der Waals surface area contributed by atoms with Gasteiger partial charge in [0.05, 0.1) is 5.69 Å². The normalized spacial score (nSPS) is 15.2. The summed E-state index contributed by atoms with van der Waals surface area (Å²) in [4.78, 5) is 8.40. The average molecular weight is 402 g/mol. The number of aryl methyl sites for hydroxylation is 1. The van der Waals surface area contributed by atoms with Gasteiger partial charge in [0.1, 0.15) is 35.1 Å². The Bertz CT molecular complexity index is 1100. The Morgan fingerprint density at radius 1 is 1.28 bits per heavy atom. The van der Waals surface area contributed by atoms with Crippen molar-refractivity contribution < 1.29 is 17.9 Å². The second kappa shape index (κ2) is 7.09. The maximum Gasteiger partial charge on any atom is 0.573 e. The Morgan fingerprint density at radius 2 is 2.00 bits per heavy atom. The number of ether oxygens (including phenoxy) is 1. The largest absolute Gasteiger partial charge is 0.573 e. The second-order valence-corrected chi connectivity index (χ2v) is 5.97. The number of pyridine rings is 1. The van der Waals surface area contributed by atoms with E-state index in [2.05, 4.69) is 25.3 Å². The molecule has 0 spiro atoms. The van der Waals surface area contributed by atoms with Crippen molar-refractivity contribution in [1.29, 1.82) is 10.5 Å². The van der Waals surface area contributed by atoms with E-state index >= 15 is 0 Å². The average Bonchev–Trinajstić information content (AvgIpc) is 2.62. The fraction of sp³-hybridized carbons (Fsp3) is 0.176. The number of anilines is 3. The summed E-state index contributed by atoms with van der Waals surface area (Å²) in [7, 11) is 0. The summed E-state index contributed by atoms with van der Waals surface area (Å²) in [6.07, 6.45) is -3.19. The molecule has 1 aromatic carbocycles. The molecule has 1 atom stereocenters. The SMILES string of the molecule is Cc1ccc(OC(F)(F)F)cc1C1N=C(NC#N)Nc2nc(N)c(C#N)c(N)c21. The molecule has 148 valence electrons. The zero-order valence-electron chi connectivity index (χ0n) is 14.8. The van der Waals surface area contributed by atoms with Crippen molar-refractivity contribution in [3.63, 3.8) is 0 Å². The number of aliphatic imine (C=N–C) groups is 1. The van der Waals surface area contributed by atoms with Gasteiger partial charge in [-0.2, -0.15) is 10.5 Å². The number of hydrogen-bond acceptors (Lipinski definition) is 9. The van der Waals surface area contributed by atoms with Crippen molar-refractivity contribution in [3.8, 4) is 18.0 Å². The molecule has 1 aliphatic heterocycles. The molecule has 0 fully saturated rings. The summed E-state index contributed by atoms with van der Waals surface area (Å²) in [6.45, 7) is 1.66. The van der Waals surface area contributed by atoms with E-state index in [1.54, 1.807) is 13.1 Å². The first-order chi connectivity index (χ1) is 13.6. The summed E-state index contributed by atoms with van der Waals surface area (Å²) in [5.41, 5.74) is 12.9. The summed E-state index contributed by atoms with van der Waals surface area (Å²) in [6, 6.07) is 4.63. The Kier molecular flexibility index (Phi) is 4.78. The zero-order chi connectivity index (χ0) is 21.3. The summed E-state index contributed by atoms with van der Waals surface area (Å²) < 4.78 is 41.9. The van der Waals surface area contributed by atoms with Gasteiger partial charge in [-0.3, -0.25) is 5.32 Å². The van der Waals surface area contributed by atoms with Crippen LogP contribution in [0.1, 0.15) is 28.3 Å². The third kappa shape index (κ3) is 3.77. The lowest BCUT2D eigenvalue weighted by molar-refractivity contribution is -0.274. The quantitative estimate of drug-likeness (QED) is 0.440. The molecule has 1 aromatic heterocycles. The van der Waals surface area contributed by atoms with E-state index < -0.39 is 18.2 Å². The van der Waals surface area contributed by atoms with Gasteiger partial charge in [-0.1, -0.05) is 6.07 Å². The molecule has 12 heteroatoms. The molecule has 2 heterocycles. The minimum Gasteiger partial charge on any atom is -0.406 e. The fourth-order valence-corrected chi connectivity index (χ4v) is 2.92. The standard InChI is InChI=1S/C17H13F3N8O/c1-7-2-3-8(29-17(18,19)20)4-9(7)13-11-12(23)10(5-21)14(24)27-15(11)28-16(26-13)25-6-22/h2-4,13H,1H3,(H6,23,24,25,26,27,28). The second-order valence-electron chi connectivity index (χ2n) is 5.97. The molecule has 29 heavy (non-hydrogen) atoms. The molecule has 0 aliphatic carbocycles. The fourth-order valence-electron chi connectivity index (χ4n) is 2.92. The lowest BCUT2D eigenvalue weighted by Crippen LogP contribution is -2.33. The zero-order valence-corrected chi connectivity index (χ0v) is 14.8. The molecule has 1 unspecified atom stereocenters. The van der Waals surface area contributed by atoms with Crippen LogP contribution in [0, 0.1) is 29.7 Å². The van der Waals surface area contributed by atoms with E-state index in [1.807, 2.05) is 6.07 Å². The topological polar surface area (TPSA) is 158 Å². The van der Waals surface area contributed by atoms with Gasteiger partial charge in [0, 0.05) is 5.56 Å². The van der Waals surface area contributed by atoms with Crippen LogP contribution in [0.15, 0.2) is 23.2 Å². The predicted molar refractivity (Wildman–Crippen MR) is 97.3 cm³/mol. The van der Waals surface area contributed by atoms with E-state index in [1.165, 1.54) is 6.07 Å². The lowest BCUT2D eigenvalue weighted by Gasteiger charge is -2.27.